The molecule has 96 valence electrons. The molecule has 0 bridgehead atoms. The molecule has 0 spiro atoms. The quantitative estimate of drug-likeness (QED) is 0.634. The van der Waals surface area contributed by atoms with Gasteiger partial charge in [0.05, 0.1) is 0 Å². The number of hydrogen-bond acceptors (Lipinski definition) is 4. The number of allylic oxidation sites excluding steroid dienone is 2. The Labute approximate surface area is 104 Å². The zero-order chi connectivity index (χ0) is 13.1. The van der Waals surface area contributed by atoms with Crippen LogP contribution in [0.1, 0.15) is 13.3 Å². The molecule has 0 aliphatic heterocycles. The lowest BCUT2D eigenvalue weighted by Gasteiger charge is -2.30. The predicted molar refractivity (Wildman–Crippen MR) is 61.7 cm³/mol. The SMILES string of the molecule is CCCOC(C(=O)O)C1=CC=CC(O)(Cl)C1O. The summed E-state index contributed by atoms with van der Waals surface area (Å²) in [4.78, 5) is 11.0. The minimum atomic E-state index is -1.99. The fourth-order valence-corrected chi connectivity index (χ4v) is 1.69. The molecule has 0 saturated carbocycles. The highest BCUT2D eigenvalue weighted by Gasteiger charge is 2.40. The van der Waals surface area contributed by atoms with E-state index in [0.717, 1.165) is 0 Å². The van der Waals surface area contributed by atoms with Gasteiger partial charge in [-0.25, -0.2) is 4.79 Å². The van der Waals surface area contributed by atoms with Gasteiger partial charge in [0.15, 0.2) is 11.2 Å². The van der Waals surface area contributed by atoms with E-state index in [4.69, 9.17) is 21.4 Å². The monoisotopic (exact) mass is 262 g/mol. The Kier molecular flexibility index (Phi) is 4.70. The summed E-state index contributed by atoms with van der Waals surface area (Å²) in [6, 6.07) is 0. The number of carbonyl (C=O) groups is 1. The number of rotatable bonds is 5. The van der Waals surface area contributed by atoms with Crippen molar-refractivity contribution in [3.8, 4) is 0 Å². The zero-order valence-corrected chi connectivity index (χ0v) is 10.1. The normalized spacial score (nSPS) is 29.9. The van der Waals surface area contributed by atoms with Crippen LogP contribution in [0.15, 0.2) is 23.8 Å². The van der Waals surface area contributed by atoms with Crippen LogP contribution in [0.25, 0.3) is 0 Å². The lowest BCUT2D eigenvalue weighted by atomic mass is 9.94. The molecule has 3 unspecified atom stereocenters. The van der Waals surface area contributed by atoms with Gasteiger partial charge in [-0.2, -0.15) is 0 Å². The number of aliphatic carboxylic acids is 1. The topological polar surface area (TPSA) is 87.0 Å². The van der Waals surface area contributed by atoms with Gasteiger partial charge >= 0.3 is 5.97 Å². The van der Waals surface area contributed by atoms with Gasteiger partial charge in [-0.05, 0) is 12.5 Å². The highest BCUT2D eigenvalue weighted by atomic mass is 35.5. The number of alkyl halides is 1. The Bertz CT molecular complexity index is 348. The van der Waals surface area contributed by atoms with E-state index in [9.17, 15) is 15.0 Å². The third-order valence-electron chi connectivity index (χ3n) is 2.33. The highest BCUT2D eigenvalue weighted by Crippen LogP contribution is 2.30. The van der Waals surface area contributed by atoms with E-state index in [1.54, 1.807) is 0 Å². The average molecular weight is 263 g/mol. The Hall–Kier alpha value is -0.880. The van der Waals surface area contributed by atoms with Gasteiger partial charge in [0, 0.05) is 12.2 Å². The summed E-state index contributed by atoms with van der Waals surface area (Å²) < 4.78 is 5.12. The van der Waals surface area contributed by atoms with Crippen LogP contribution in [0, 0.1) is 0 Å². The smallest absolute Gasteiger partial charge is 0.337 e. The van der Waals surface area contributed by atoms with Crippen LogP contribution in [-0.4, -0.2) is 45.2 Å². The molecular weight excluding hydrogens is 248 g/mol. The molecule has 1 aliphatic carbocycles. The summed E-state index contributed by atoms with van der Waals surface area (Å²) in [5, 5.41) is 26.4. The van der Waals surface area contributed by atoms with Crippen molar-refractivity contribution in [2.45, 2.75) is 30.6 Å². The predicted octanol–water partition coefficient (Wildman–Crippen LogP) is 0.651. The molecule has 0 aromatic heterocycles. The van der Waals surface area contributed by atoms with E-state index in [1.165, 1.54) is 18.2 Å². The van der Waals surface area contributed by atoms with Crippen LogP contribution in [0.3, 0.4) is 0 Å². The van der Waals surface area contributed by atoms with E-state index < -0.39 is 23.2 Å². The average Bonchev–Trinajstić information content (AvgIpc) is 2.24. The van der Waals surface area contributed by atoms with Crippen molar-refractivity contribution in [1.29, 1.82) is 0 Å². The summed E-state index contributed by atoms with van der Waals surface area (Å²) in [5.41, 5.74) is 0.0333. The minimum absolute atomic E-state index is 0.0333. The van der Waals surface area contributed by atoms with Crippen molar-refractivity contribution in [2.75, 3.05) is 6.61 Å². The second kappa shape index (κ2) is 5.64. The first kappa shape index (κ1) is 14.2. The van der Waals surface area contributed by atoms with Crippen molar-refractivity contribution in [3.63, 3.8) is 0 Å². The number of hydrogen-bond donors (Lipinski definition) is 3. The molecule has 0 amide bonds. The molecule has 1 aliphatic rings. The summed E-state index contributed by atoms with van der Waals surface area (Å²) in [5.74, 6) is -1.23. The van der Waals surface area contributed by atoms with Gasteiger partial charge in [-0.1, -0.05) is 30.7 Å². The van der Waals surface area contributed by atoms with Gasteiger partial charge in [0.1, 0.15) is 6.10 Å². The standard InChI is InChI=1S/C11H15ClO5/c1-2-6-17-8(10(14)15)7-4-3-5-11(12,16)9(7)13/h3-5,8-9,13,16H,2,6H2,1H3,(H,14,15). The van der Waals surface area contributed by atoms with Crippen molar-refractivity contribution in [1.82, 2.24) is 0 Å². The molecule has 6 heteroatoms. The maximum Gasteiger partial charge on any atom is 0.337 e. The van der Waals surface area contributed by atoms with Gasteiger partial charge in [-0.3, -0.25) is 0 Å². The third kappa shape index (κ3) is 3.29. The zero-order valence-electron chi connectivity index (χ0n) is 9.34. The molecule has 0 saturated heterocycles. The molecule has 17 heavy (non-hydrogen) atoms. The highest BCUT2D eigenvalue weighted by molar-refractivity contribution is 6.24. The second-order valence-electron chi connectivity index (χ2n) is 3.74. The minimum Gasteiger partial charge on any atom is -0.479 e. The van der Waals surface area contributed by atoms with E-state index in [2.05, 4.69) is 0 Å². The largest absolute Gasteiger partial charge is 0.479 e. The van der Waals surface area contributed by atoms with Crippen molar-refractivity contribution in [3.05, 3.63) is 23.8 Å². The Balaban J connectivity index is 2.91. The van der Waals surface area contributed by atoms with E-state index >= 15 is 0 Å². The second-order valence-corrected chi connectivity index (χ2v) is 4.35. The number of carboxylic acid groups (broad SMARTS) is 1. The van der Waals surface area contributed by atoms with Crippen molar-refractivity contribution >= 4 is 17.6 Å². The molecule has 0 radical (unpaired) electrons. The van der Waals surface area contributed by atoms with E-state index in [0.29, 0.717) is 6.42 Å². The molecule has 3 N–H and O–H groups in total. The fraction of sp³-hybridized carbons (Fsp3) is 0.545. The summed E-state index contributed by atoms with van der Waals surface area (Å²) in [6.45, 7) is 2.08. The number of aliphatic hydroxyl groups is 2. The van der Waals surface area contributed by atoms with Crippen LogP contribution in [-0.2, 0) is 9.53 Å². The van der Waals surface area contributed by atoms with Gasteiger partial charge in [0.25, 0.3) is 0 Å². The third-order valence-corrected chi connectivity index (χ3v) is 2.67. The molecule has 0 heterocycles. The summed E-state index contributed by atoms with van der Waals surface area (Å²) >= 11 is 5.63. The van der Waals surface area contributed by atoms with Crippen molar-refractivity contribution in [2.24, 2.45) is 0 Å². The molecule has 0 aromatic rings. The number of ether oxygens (including phenoxy) is 1. The van der Waals surface area contributed by atoms with Gasteiger partial charge in [-0.15, -0.1) is 0 Å². The molecule has 0 fully saturated rings. The summed E-state index contributed by atoms with van der Waals surface area (Å²) in [7, 11) is 0. The number of carboxylic acids is 1. The van der Waals surface area contributed by atoms with Crippen LogP contribution >= 0.6 is 11.6 Å². The molecular formula is C11H15ClO5. The Morgan fingerprint density at radius 3 is 2.88 bits per heavy atom. The first-order valence-electron chi connectivity index (χ1n) is 5.23. The maximum absolute atomic E-state index is 11.0. The van der Waals surface area contributed by atoms with Crippen LogP contribution in [0.2, 0.25) is 0 Å². The lowest BCUT2D eigenvalue weighted by molar-refractivity contribution is -0.149. The van der Waals surface area contributed by atoms with Crippen molar-refractivity contribution < 1.29 is 24.9 Å². The van der Waals surface area contributed by atoms with Crippen LogP contribution in [0.4, 0.5) is 0 Å². The maximum atomic E-state index is 11.0. The molecule has 0 aromatic carbocycles. The summed E-state index contributed by atoms with van der Waals surface area (Å²) in [6.07, 6.45) is 1.79. The molecule has 5 nitrogen and oxygen atoms in total. The number of halogens is 1. The molecule has 1 rings (SSSR count). The van der Waals surface area contributed by atoms with Crippen LogP contribution in [0.5, 0.6) is 0 Å². The first-order chi connectivity index (χ1) is 7.90. The van der Waals surface area contributed by atoms with Crippen LogP contribution < -0.4 is 0 Å². The van der Waals surface area contributed by atoms with Gasteiger partial charge < -0.3 is 20.1 Å². The van der Waals surface area contributed by atoms with E-state index in [1.807, 2.05) is 6.92 Å². The fourth-order valence-electron chi connectivity index (χ4n) is 1.49. The Morgan fingerprint density at radius 2 is 2.35 bits per heavy atom. The number of aliphatic hydroxyl groups excluding tert-OH is 1. The first-order valence-corrected chi connectivity index (χ1v) is 5.61. The lowest BCUT2D eigenvalue weighted by Crippen LogP contribution is -2.44. The molecule has 3 atom stereocenters. The van der Waals surface area contributed by atoms with Gasteiger partial charge in [0.2, 0.25) is 0 Å². The Morgan fingerprint density at radius 1 is 1.71 bits per heavy atom. The van der Waals surface area contributed by atoms with E-state index in [-0.39, 0.29) is 12.2 Å².